The van der Waals surface area contributed by atoms with Gasteiger partial charge in [0.1, 0.15) is 5.52 Å². The van der Waals surface area contributed by atoms with E-state index < -0.39 is 5.97 Å². The Hall–Kier alpha value is -1.88. The van der Waals surface area contributed by atoms with Crippen molar-refractivity contribution in [2.75, 3.05) is 13.2 Å². The molecule has 0 radical (unpaired) electrons. The molecular formula is C12H11NO4. The van der Waals surface area contributed by atoms with Crippen LogP contribution >= 0.6 is 0 Å². The molecule has 1 fully saturated rings. The first-order valence-corrected chi connectivity index (χ1v) is 5.45. The molecule has 2 aromatic rings. The van der Waals surface area contributed by atoms with Crippen LogP contribution in [0.3, 0.4) is 0 Å². The Labute approximate surface area is 97.0 Å². The van der Waals surface area contributed by atoms with Crippen LogP contribution < -0.4 is 0 Å². The van der Waals surface area contributed by atoms with E-state index in [0.29, 0.717) is 23.6 Å². The summed E-state index contributed by atoms with van der Waals surface area (Å²) in [6.45, 7) is 1.35. The fourth-order valence-corrected chi connectivity index (χ4v) is 1.98. The van der Waals surface area contributed by atoms with Crippen molar-refractivity contribution >= 4 is 17.1 Å². The number of benzene rings is 1. The van der Waals surface area contributed by atoms with Gasteiger partial charge in [-0.1, -0.05) is 0 Å². The number of hydrogen-bond acceptors (Lipinski definition) is 4. The number of hydrogen-bond donors (Lipinski definition) is 1. The molecule has 1 aliphatic heterocycles. The van der Waals surface area contributed by atoms with Crippen molar-refractivity contribution < 1.29 is 19.1 Å². The molecule has 0 spiro atoms. The largest absolute Gasteiger partial charge is 0.478 e. The highest BCUT2D eigenvalue weighted by Gasteiger charge is 2.23. The lowest BCUT2D eigenvalue weighted by Crippen LogP contribution is -1.96. The number of fused-ring (bicyclic) bond motifs is 1. The van der Waals surface area contributed by atoms with Crippen molar-refractivity contribution in [1.82, 2.24) is 4.98 Å². The topological polar surface area (TPSA) is 72.6 Å². The molecule has 88 valence electrons. The van der Waals surface area contributed by atoms with Crippen LogP contribution in [0.2, 0.25) is 0 Å². The maximum atomic E-state index is 10.8. The highest BCUT2D eigenvalue weighted by Crippen LogP contribution is 2.28. The van der Waals surface area contributed by atoms with Crippen molar-refractivity contribution in [2.45, 2.75) is 12.3 Å². The number of rotatable bonds is 2. The average Bonchev–Trinajstić information content (AvgIpc) is 2.96. The first-order chi connectivity index (χ1) is 8.24. The smallest absolute Gasteiger partial charge is 0.335 e. The van der Waals surface area contributed by atoms with Crippen LogP contribution in [0, 0.1) is 0 Å². The molecule has 1 aromatic carbocycles. The molecule has 1 atom stereocenters. The number of carboxylic acids is 1. The molecule has 0 bridgehead atoms. The molecule has 17 heavy (non-hydrogen) atoms. The summed E-state index contributed by atoms with van der Waals surface area (Å²) in [7, 11) is 0. The third-order valence-corrected chi connectivity index (χ3v) is 2.93. The van der Waals surface area contributed by atoms with Crippen LogP contribution in [0.5, 0.6) is 0 Å². The number of aromatic nitrogens is 1. The highest BCUT2D eigenvalue weighted by molar-refractivity contribution is 5.91. The van der Waals surface area contributed by atoms with Gasteiger partial charge in [-0.15, -0.1) is 0 Å². The predicted octanol–water partition coefficient (Wildman–Crippen LogP) is 2.03. The molecule has 2 heterocycles. The minimum Gasteiger partial charge on any atom is -0.478 e. The summed E-state index contributed by atoms with van der Waals surface area (Å²) < 4.78 is 10.9. The van der Waals surface area contributed by atoms with Gasteiger partial charge in [-0.2, -0.15) is 0 Å². The van der Waals surface area contributed by atoms with Gasteiger partial charge < -0.3 is 14.3 Å². The average molecular weight is 233 g/mol. The van der Waals surface area contributed by atoms with E-state index in [1.807, 2.05) is 0 Å². The Bertz CT molecular complexity index is 569. The number of carboxylic acid groups (broad SMARTS) is 1. The zero-order chi connectivity index (χ0) is 11.8. The van der Waals surface area contributed by atoms with E-state index in [1.165, 1.54) is 12.1 Å². The fraction of sp³-hybridized carbons (Fsp3) is 0.333. The molecule has 1 unspecified atom stereocenters. The summed E-state index contributed by atoms with van der Waals surface area (Å²) >= 11 is 0. The summed E-state index contributed by atoms with van der Waals surface area (Å²) in [6.07, 6.45) is 0.901. The summed E-state index contributed by atoms with van der Waals surface area (Å²) in [6, 6.07) is 4.70. The zero-order valence-electron chi connectivity index (χ0n) is 9.05. The molecule has 1 N–H and O–H groups in total. The Kier molecular flexibility index (Phi) is 2.33. The van der Waals surface area contributed by atoms with Gasteiger partial charge in [-0.25, -0.2) is 9.78 Å². The molecule has 0 aliphatic carbocycles. The van der Waals surface area contributed by atoms with Gasteiger partial charge in [0.15, 0.2) is 5.58 Å². The third-order valence-electron chi connectivity index (χ3n) is 2.93. The standard InChI is InChI=1S/C12H11NO4/c14-12(15)7-1-2-9-10(5-7)17-11(13-9)8-3-4-16-6-8/h1-2,5,8H,3-4,6H2,(H,14,15). The monoisotopic (exact) mass is 233 g/mol. The van der Waals surface area contributed by atoms with Crippen molar-refractivity contribution in [3.8, 4) is 0 Å². The van der Waals surface area contributed by atoms with Gasteiger partial charge >= 0.3 is 5.97 Å². The van der Waals surface area contributed by atoms with Crippen LogP contribution in [0.25, 0.3) is 11.1 Å². The van der Waals surface area contributed by atoms with E-state index in [2.05, 4.69) is 4.98 Å². The lowest BCUT2D eigenvalue weighted by Gasteiger charge is -1.98. The van der Waals surface area contributed by atoms with E-state index >= 15 is 0 Å². The third kappa shape index (κ3) is 1.78. The first kappa shape index (κ1) is 10.3. The Morgan fingerprint density at radius 1 is 1.47 bits per heavy atom. The van der Waals surface area contributed by atoms with Crippen LogP contribution in [-0.2, 0) is 4.74 Å². The lowest BCUT2D eigenvalue weighted by atomic mass is 10.1. The maximum absolute atomic E-state index is 10.8. The molecule has 1 aliphatic rings. The number of ether oxygens (including phenoxy) is 1. The second kappa shape index (κ2) is 3.85. The number of nitrogens with zero attached hydrogens (tertiary/aromatic N) is 1. The minimum absolute atomic E-state index is 0.190. The van der Waals surface area contributed by atoms with Gasteiger partial charge in [0.2, 0.25) is 5.89 Å². The Balaban J connectivity index is 2.03. The van der Waals surface area contributed by atoms with E-state index in [9.17, 15) is 4.79 Å². The predicted molar refractivity (Wildman–Crippen MR) is 59.1 cm³/mol. The number of oxazole rings is 1. The molecule has 1 aromatic heterocycles. The lowest BCUT2D eigenvalue weighted by molar-refractivity contribution is 0.0697. The summed E-state index contributed by atoms with van der Waals surface area (Å²) in [5, 5.41) is 8.88. The van der Waals surface area contributed by atoms with Gasteiger partial charge in [0.25, 0.3) is 0 Å². The Morgan fingerprint density at radius 3 is 3.06 bits per heavy atom. The van der Waals surface area contributed by atoms with Crippen molar-refractivity contribution in [1.29, 1.82) is 0 Å². The van der Waals surface area contributed by atoms with E-state index in [0.717, 1.165) is 13.0 Å². The molecule has 5 heteroatoms. The van der Waals surface area contributed by atoms with Crippen molar-refractivity contribution in [3.05, 3.63) is 29.7 Å². The molecule has 3 rings (SSSR count). The Morgan fingerprint density at radius 2 is 2.35 bits per heavy atom. The quantitative estimate of drug-likeness (QED) is 0.859. The van der Waals surface area contributed by atoms with Gasteiger partial charge in [0, 0.05) is 6.61 Å². The van der Waals surface area contributed by atoms with Crippen molar-refractivity contribution in [2.24, 2.45) is 0 Å². The van der Waals surface area contributed by atoms with Crippen molar-refractivity contribution in [3.63, 3.8) is 0 Å². The maximum Gasteiger partial charge on any atom is 0.335 e. The van der Waals surface area contributed by atoms with E-state index in [-0.39, 0.29) is 11.5 Å². The second-order valence-corrected chi connectivity index (χ2v) is 4.10. The van der Waals surface area contributed by atoms with Crippen LogP contribution in [0.15, 0.2) is 22.6 Å². The second-order valence-electron chi connectivity index (χ2n) is 4.10. The molecule has 0 saturated carbocycles. The zero-order valence-corrected chi connectivity index (χ0v) is 9.05. The van der Waals surface area contributed by atoms with Gasteiger partial charge in [-0.05, 0) is 24.6 Å². The minimum atomic E-state index is -0.964. The number of aromatic carboxylic acids is 1. The summed E-state index contributed by atoms with van der Waals surface area (Å²) in [4.78, 5) is 15.2. The highest BCUT2D eigenvalue weighted by atomic mass is 16.5. The SMILES string of the molecule is O=C(O)c1ccc2nc(C3CCOC3)oc2c1. The van der Waals surface area contributed by atoms with Gasteiger partial charge in [-0.3, -0.25) is 0 Å². The first-order valence-electron chi connectivity index (χ1n) is 5.45. The van der Waals surface area contributed by atoms with Crippen LogP contribution in [-0.4, -0.2) is 29.3 Å². The molecular weight excluding hydrogens is 222 g/mol. The van der Waals surface area contributed by atoms with Crippen LogP contribution in [0.4, 0.5) is 0 Å². The van der Waals surface area contributed by atoms with E-state index in [4.69, 9.17) is 14.3 Å². The van der Waals surface area contributed by atoms with E-state index in [1.54, 1.807) is 6.07 Å². The summed E-state index contributed by atoms with van der Waals surface area (Å²) in [5.74, 6) is -0.134. The van der Waals surface area contributed by atoms with Crippen LogP contribution in [0.1, 0.15) is 28.6 Å². The fourth-order valence-electron chi connectivity index (χ4n) is 1.98. The molecule has 1 saturated heterocycles. The van der Waals surface area contributed by atoms with Gasteiger partial charge in [0.05, 0.1) is 18.1 Å². The number of carbonyl (C=O) groups is 1. The normalized spacial score (nSPS) is 19.9. The molecule has 5 nitrogen and oxygen atoms in total. The molecule has 0 amide bonds. The summed E-state index contributed by atoms with van der Waals surface area (Å²) in [5.41, 5.74) is 1.42.